The lowest BCUT2D eigenvalue weighted by Gasteiger charge is -2.21. The Morgan fingerprint density at radius 1 is 1.26 bits per heavy atom. The van der Waals surface area contributed by atoms with Gasteiger partial charge < -0.3 is 14.8 Å². The molecule has 0 saturated carbocycles. The number of benzene rings is 1. The maximum atomic E-state index is 5.55. The zero-order chi connectivity index (χ0) is 13.5. The average molecular weight is 328 g/mol. The van der Waals surface area contributed by atoms with E-state index in [1.54, 1.807) is 0 Å². The summed E-state index contributed by atoms with van der Waals surface area (Å²) in [6.07, 6.45) is 3.03. The average Bonchev–Trinajstić information content (AvgIpc) is 2.91. The minimum atomic E-state index is -0.0372. The number of rotatable bonds is 7. The number of nitrogens with one attached hydrogen (secondary N) is 1. The van der Waals surface area contributed by atoms with Crippen LogP contribution >= 0.6 is 15.9 Å². The van der Waals surface area contributed by atoms with E-state index in [1.165, 1.54) is 5.56 Å². The van der Waals surface area contributed by atoms with Crippen LogP contribution in [0.25, 0.3) is 0 Å². The molecule has 0 spiro atoms. The maximum absolute atomic E-state index is 5.55. The number of hydrogen-bond donors (Lipinski definition) is 1. The molecular weight excluding hydrogens is 306 g/mol. The van der Waals surface area contributed by atoms with Crippen LogP contribution in [0.1, 0.15) is 25.3 Å². The van der Waals surface area contributed by atoms with Crippen LogP contribution in [0.5, 0.6) is 0 Å². The van der Waals surface area contributed by atoms with Gasteiger partial charge in [-0.2, -0.15) is 0 Å². The van der Waals surface area contributed by atoms with Gasteiger partial charge in [-0.3, -0.25) is 0 Å². The van der Waals surface area contributed by atoms with Gasteiger partial charge in [-0.25, -0.2) is 0 Å². The Bertz CT molecular complexity index is 363. The lowest BCUT2D eigenvalue weighted by molar-refractivity contribution is -0.0526. The van der Waals surface area contributed by atoms with Crippen molar-refractivity contribution in [1.82, 2.24) is 5.32 Å². The molecule has 1 aliphatic rings. The van der Waals surface area contributed by atoms with Gasteiger partial charge in [0.05, 0.1) is 13.2 Å². The third-order valence-electron chi connectivity index (χ3n) is 3.25. The second-order valence-corrected chi connectivity index (χ2v) is 5.80. The van der Waals surface area contributed by atoms with E-state index in [2.05, 4.69) is 52.4 Å². The van der Waals surface area contributed by atoms with Gasteiger partial charge >= 0.3 is 0 Å². The molecule has 1 aromatic rings. The standard InChI is InChI=1S/C15H22BrNO2/c1-2-7-17-14(11-15-18-8-9-19-15)10-12-3-5-13(16)6-4-12/h3-6,14-15,17H,2,7-11H2,1H3. The molecule has 0 amide bonds. The van der Waals surface area contributed by atoms with Crippen LogP contribution in [-0.2, 0) is 15.9 Å². The fourth-order valence-electron chi connectivity index (χ4n) is 2.27. The topological polar surface area (TPSA) is 30.5 Å². The van der Waals surface area contributed by atoms with Gasteiger partial charge in [0.1, 0.15) is 0 Å². The molecule has 1 aromatic carbocycles. The first kappa shape index (κ1) is 15.0. The van der Waals surface area contributed by atoms with Gasteiger partial charge in [0.15, 0.2) is 6.29 Å². The fraction of sp³-hybridized carbons (Fsp3) is 0.600. The zero-order valence-corrected chi connectivity index (χ0v) is 13.0. The van der Waals surface area contributed by atoms with Crippen molar-refractivity contribution in [3.05, 3.63) is 34.3 Å². The molecule has 1 heterocycles. The molecule has 0 bridgehead atoms. The highest BCUT2D eigenvalue weighted by atomic mass is 79.9. The van der Waals surface area contributed by atoms with Crippen molar-refractivity contribution in [2.45, 2.75) is 38.5 Å². The normalized spacial score (nSPS) is 17.8. The molecule has 1 saturated heterocycles. The van der Waals surface area contributed by atoms with Crippen LogP contribution in [0, 0.1) is 0 Å². The summed E-state index contributed by atoms with van der Waals surface area (Å²) in [5.74, 6) is 0. The Morgan fingerprint density at radius 3 is 2.58 bits per heavy atom. The van der Waals surface area contributed by atoms with Crippen molar-refractivity contribution in [1.29, 1.82) is 0 Å². The van der Waals surface area contributed by atoms with Gasteiger partial charge in [0, 0.05) is 16.9 Å². The van der Waals surface area contributed by atoms with Crippen molar-refractivity contribution in [3.8, 4) is 0 Å². The van der Waals surface area contributed by atoms with E-state index >= 15 is 0 Å². The van der Waals surface area contributed by atoms with E-state index in [0.717, 1.165) is 43.5 Å². The van der Waals surface area contributed by atoms with Crippen LogP contribution in [0.4, 0.5) is 0 Å². The van der Waals surface area contributed by atoms with E-state index in [-0.39, 0.29) is 6.29 Å². The molecule has 1 unspecified atom stereocenters. The predicted octanol–water partition coefficient (Wildman–Crippen LogP) is 3.12. The molecule has 106 valence electrons. The molecule has 19 heavy (non-hydrogen) atoms. The second-order valence-electron chi connectivity index (χ2n) is 4.89. The van der Waals surface area contributed by atoms with Crippen LogP contribution in [0.2, 0.25) is 0 Å². The summed E-state index contributed by atoms with van der Waals surface area (Å²) in [7, 11) is 0. The van der Waals surface area contributed by atoms with E-state index in [0.29, 0.717) is 6.04 Å². The molecule has 1 N–H and O–H groups in total. The summed E-state index contributed by atoms with van der Waals surface area (Å²) < 4.78 is 12.2. The summed E-state index contributed by atoms with van der Waals surface area (Å²) >= 11 is 3.47. The largest absolute Gasteiger partial charge is 0.350 e. The highest BCUT2D eigenvalue weighted by Gasteiger charge is 2.21. The first-order valence-electron chi connectivity index (χ1n) is 6.99. The first-order chi connectivity index (χ1) is 9.28. The third-order valence-corrected chi connectivity index (χ3v) is 3.77. The predicted molar refractivity (Wildman–Crippen MR) is 80.2 cm³/mol. The molecule has 0 aromatic heterocycles. The van der Waals surface area contributed by atoms with E-state index in [1.807, 2.05) is 0 Å². The minimum Gasteiger partial charge on any atom is -0.350 e. The van der Waals surface area contributed by atoms with Gasteiger partial charge in [-0.15, -0.1) is 0 Å². The lowest BCUT2D eigenvalue weighted by atomic mass is 10.0. The Kier molecular flexibility index (Phi) is 6.31. The van der Waals surface area contributed by atoms with Crippen molar-refractivity contribution < 1.29 is 9.47 Å². The number of ether oxygens (including phenoxy) is 2. The first-order valence-corrected chi connectivity index (χ1v) is 7.78. The van der Waals surface area contributed by atoms with E-state index in [9.17, 15) is 0 Å². The molecule has 1 atom stereocenters. The van der Waals surface area contributed by atoms with Crippen molar-refractivity contribution >= 4 is 15.9 Å². The van der Waals surface area contributed by atoms with Crippen LogP contribution in [0.15, 0.2) is 28.7 Å². The number of halogens is 1. The maximum Gasteiger partial charge on any atom is 0.159 e. The van der Waals surface area contributed by atoms with Gasteiger partial charge in [0.2, 0.25) is 0 Å². The van der Waals surface area contributed by atoms with E-state index < -0.39 is 0 Å². The molecule has 1 fully saturated rings. The number of hydrogen-bond acceptors (Lipinski definition) is 3. The molecule has 0 radical (unpaired) electrons. The molecule has 2 rings (SSSR count). The van der Waals surface area contributed by atoms with Crippen LogP contribution in [0.3, 0.4) is 0 Å². The second kappa shape index (κ2) is 8.00. The molecular formula is C15H22BrNO2. The molecule has 1 aliphatic heterocycles. The molecule has 3 nitrogen and oxygen atoms in total. The Morgan fingerprint density at radius 2 is 1.95 bits per heavy atom. The summed E-state index contributed by atoms with van der Waals surface area (Å²) in [5, 5.41) is 3.59. The van der Waals surface area contributed by atoms with Crippen molar-refractivity contribution in [2.24, 2.45) is 0 Å². The van der Waals surface area contributed by atoms with Crippen LogP contribution in [-0.4, -0.2) is 32.1 Å². The summed E-state index contributed by atoms with van der Waals surface area (Å²) in [6.45, 7) is 4.67. The highest BCUT2D eigenvalue weighted by Crippen LogP contribution is 2.16. The Hall–Kier alpha value is -0.420. The summed E-state index contributed by atoms with van der Waals surface area (Å²) in [6, 6.07) is 8.93. The molecule has 0 aliphatic carbocycles. The van der Waals surface area contributed by atoms with Gasteiger partial charge in [0.25, 0.3) is 0 Å². The zero-order valence-electron chi connectivity index (χ0n) is 11.4. The van der Waals surface area contributed by atoms with Crippen molar-refractivity contribution in [3.63, 3.8) is 0 Å². The molecule has 4 heteroatoms. The monoisotopic (exact) mass is 327 g/mol. The summed E-state index contributed by atoms with van der Waals surface area (Å²) in [5.41, 5.74) is 1.34. The Balaban J connectivity index is 1.89. The minimum absolute atomic E-state index is 0.0372. The summed E-state index contributed by atoms with van der Waals surface area (Å²) in [4.78, 5) is 0. The highest BCUT2D eigenvalue weighted by molar-refractivity contribution is 9.10. The SMILES string of the molecule is CCCNC(Cc1ccc(Br)cc1)CC1OCCO1. The smallest absolute Gasteiger partial charge is 0.159 e. The third kappa shape index (κ3) is 5.22. The fourth-order valence-corrected chi connectivity index (χ4v) is 2.53. The lowest BCUT2D eigenvalue weighted by Crippen LogP contribution is -2.35. The Labute approximate surface area is 123 Å². The van der Waals surface area contributed by atoms with Gasteiger partial charge in [-0.05, 0) is 37.1 Å². The quantitative estimate of drug-likeness (QED) is 0.834. The van der Waals surface area contributed by atoms with E-state index in [4.69, 9.17) is 9.47 Å². The van der Waals surface area contributed by atoms with Crippen molar-refractivity contribution in [2.75, 3.05) is 19.8 Å². The van der Waals surface area contributed by atoms with Crippen LogP contribution < -0.4 is 5.32 Å². The van der Waals surface area contributed by atoms with Gasteiger partial charge in [-0.1, -0.05) is 35.0 Å².